The quantitative estimate of drug-likeness (QED) is 0.0261. The zero-order chi connectivity index (χ0) is 57.1. The van der Waals surface area contributed by atoms with Gasteiger partial charge in [0.1, 0.15) is 13.2 Å². The van der Waals surface area contributed by atoms with Gasteiger partial charge in [0.15, 0.2) is 6.10 Å². The summed E-state index contributed by atoms with van der Waals surface area (Å²) >= 11 is 0. The molecule has 6 nitrogen and oxygen atoms in total. The second-order valence-corrected chi connectivity index (χ2v) is 21.3. The zero-order valence-electron chi connectivity index (χ0n) is 51.3. The van der Waals surface area contributed by atoms with Crippen LogP contribution in [0.5, 0.6) is 0 Å². The molecule has 0 fully saturated rings. The second kappa shape index (κ2) is 66.1. The first-order valence-electron chi connectivity index (χ1n) is 32.7. The van der Waals surface area contributed by atoms with Gasteiger partial charge in [0.05, 0.1) is 0 Å². The van der Waals surface area contributed by atoms with Crippen LogP contribution in [-0.4, -0.2) is 37.2 Å². The Morgan fingerprint density at radius 3 is 0.835 bits per heavy atom. The first-order valence-corrected chi connectivity index (χ1v) is 32.7. The maximum absolute atomic E-state index is 12.9. The third-order valence-corrected chi connectivity index (χ3v) is 13.6. The van der Waals surface area contributed by atoms with E-state index in [2.05, 4.69) is 154 Å². The molecule has 1 atom stereocenters. The molecule has 0 aliphatic rings. The Labute approximate surface area is 487 Å². The summed E-state index contributed by atoms with van der Waals surface area (Å²) in [5.41, 5.74) is 0. The molecular weight excluding hydrogens is 973 g/mol. The van der Waals surface area contributed by atoms with Crippen molar-refractivity contribution in [2.75, 3.05) is 13.2 Å². The van der Waals surface area contributed by atoms with Gasteiger partial charge < -0.3 is 14.2 Å². The van der Waals surface area contributed by atoms with E-state index in [0.29, 0.717) is 19.3 Å². The fourth-order valence-corrected chi connectivity index (χ4v) is 8.77. The highest BCUT2D eigenvalue weighted by Gasteiger charge is 2.19. The van der Waals surface area contributed by atoms with E-state index in [0.717, 1.165) is 154 Å². The standard InChI is InChI=1S/C73H120O6/c1-4-7-10-13-16-19-22-24-26-28-29-30-31-32-33-34-35-36-37-38-39-40-41-42-43-44-45-46-48-49-51-54-57-60-63-66-72(75)78-69-70(68-77-71(74)65-62-59-56-53-21-18-15-12-9-6-3)79-73(76)67-64-61-58-55-52-50-47-27-25-23-20-17-14-11-8-5-2/h7,10,12,15-16,19,24,26,29-30,32-33,35-36,38-39,41-42,44-45,48-49,70H,4-6,8-9,11,13-14,17-18,20-23,25,27-28,31,34,37,40,43,46-47,50-69H2,1-3H3/b10-7-,15-12-,19-16-,26-24-,30-29-,33-32-,36-35-,39-38-,42-41-,45-44-,49-48-. The van der Waals surface area contributed by atoms with Crippen LogP contribution in [0.3, 0.4) is 0 Å². The van der Waals surface area contributed by atoms with E-state index in [1.165, 1.54) is 96.3 Å². The van der Waals surface area contributed by atoms with Crippen molar-refractivity contribution in [1.82, 2.24) is 0 Å². The summed E-state index contributed by atoms with van der Waals surface area (Å²) in [6, 6.07) is 0. The van der Waals surface area contributed by atoms with Gasteiger partial charge in [-0.15, -0.1) is 0 Å². The van der Waals surface area contributed by atoms with Crippen molar-refractivity contribution in [3.63, 3.8) is 0 Å². The molecule has 0 aromatic rings. The fraction of sp³-hybridized carbons (Fsp3) is 0.658. The third-order valence-electron chi connectivity index (χ3n) is 13.6. The molecule has 79 heavy (non-hydrogen) atoms. The normalized spacial score (nSPS) is 13.0. The first-order chi connectivity index (χ1) is 39.0. The van der Waals surface area contributed by atoms with E-state index in [4.69, 9.17) is 14.2 Å². The number of ether oxygens (including phenoxy) is 3. The molecule has 0 saturated carbocycles. The van der Waals surface area contributed by atoms with E-state index in [-0.39, 0.29) is 31.1 Å². The summed E-state index contributed by atoms with van der Waals surface area (Å²) in [6.45, 7) is 6.45. The summed E-state index contributed by atoms with van der Waals surface area (Å²) in [5.74, 6) is -0.923. The molecule has 0 N–H and O–H groups in total. The second-order valence-electron chi connectivity index (χ2n) is 21.3. The molecule has 0 aliphatic carbocycles. The van der Waals surface area contributed by atoms with Gasteiger partial charge >= 0.3 is 17.9 Å². The highest BCUT2D eigenvalue weighted by molar-refractivity contribution is 5.71. The smallest absolute Gasteiger partial charge is 0.306 e. The maximum atomic E-state index is 12.9. The maximum Gasteiger partial charge on any atom is 0.306 e. The number of allylic oxidation sites excluding steroid dienone is 22. The molecule has 0 spiro atoms. The Balaban J connectivity index is 4.26. The number of carbonyl (C=O) groups excluding carboxylic acids is 3. The minimum atomic E-state index is -0.793. The van der Waals surface area contributed by atoms with Gasteiger partial charge in [0.2, 0.25) is 0 Å². The van der Waals surface area contributed by atoms with Crippen LogP contribution < -0.4 is 0 Å². The van der Waals surface area contributed by atoms with Crippen LogP contribution in [0, 0.1) is 0 Å². The van der Waals surface area contributed by atoms with E-state index in [1.54, 1.807) is 0 Å². The van der Waals surface area contributed by atoms with E-state index in [1.807, 2.05) is 0 Å². The predicted octanol–water partition coefficient (Wildman–Crippen LogP) is 22.5. The van der Waals surface area contributed by atoms with Crippen LogP contribution in [0.4, 0.5) is 0 Å². The van der Waals surface area contributed by atoms with Crippen LogP contribution >= 0.6 is 0 Å². The van der Waals surface area contributed by atoms with Crippen LogP contribution in [0.15, 0.2) is 134 Å². The lowest BCUT2D eigenvalue weighted by Crippen LogP contribution is -2.30. The molecule has 0 bridgehead atoms. The molecule has 0 aromatic heterocycles. The lowest BCUT2D eigenvalue weighted by atomic mass is 10.0. The number of carbonyl (C=O) groups is 3. The number of esters is 3. The van der Waals surface area contributed by atoms with E-state index in [9.17, 15) is 14.4 Å². The summed E-state index contributed by atoms with van der Waals surface area (Å²) in [6.07, 6.45) is 93.3. The van der Waals surface area contributed by atoms with Gasteiger partial charge in [-0.2, -0.15) is 0 Å². The van der Waals surface area contributed by atoms with Crippen molar-refractivity contribution in [3.05, 3.63) is 134 Å². The summed E-state index contributed by atoms with van der Waals surface area (Å²) in [7, 11) is 0. The molecule has 6 heteroatoms. The monoisotopic (exact) mass is 1090 g/mol. The lowest BCUT2D eigenvalue weighted by molar-refractivity contribution is -0.167. The molecule has 0 saturated heterocycles. The fourth-order valence-electron chi connectivity index (χ4n) is 8.77. The van der Waals surface area contributed by atoms with Gasteiger partial charge in [-0.3, -0.25) is 14.4 Å². The topological polar surface area (TPSA) is 78.9 Å². The molecule has 1 unspecified atom stereocenters. The summed E-state index contributed by atoms with van der Waals surface area (Å²) < 4.78 is 16.8. The lowest BCUT2D eigenvalue weighted by Gasteiger charge is -2.18. The van der Waals surface area contributed by atoms with Crippen molar-refractivity contribution in [3.8, 4) is 0 Å². The zero-order valence-corrected chi connectivity index (χ0v) is 51.3. The summed E-state index contributed by atoms with van der Waals surface area (Å²) in [4.78, 5) is 38.2. The van der Waals surface area contributed by atoms with E-state index < -0.39 is 6.10 Å². The molecule has 0 radical (unpaired) electrons. The van der Waals surface area contributed by atoms with Crippen molar-refractivity contribution in [2.24, 2.45) is 0 Å². The molecule has 0 aliphatic heterocycles. The number of hydrogen-bond donors (Lipinski definition) is 0. The minimum absolute atomic E-state index is 0.0909. The van der Waals surface area contributed by atoms with E-state index >= 15 is 0 Å². The number of hydrogen-bond acceptors (Lipinski definition) is 6. The SMILES string of the molecule is CC/C=C\C/C=C\C/C=C\C/C=C\C/C=C\C/C=C\C/C=C\C/C=C\C/C=C\C/C=C\CCCCCCC(=O)OCC(COC(=O)CCCCCCC/C=C\CCC)OC(=O)CCCCCCCCCCCCCCCCCC. The van der Waals surface area contributed by atoms with Gasteiger partial charge in [0.25, 0.3) is 0 Å². The predicted molar refractivity (Wildman–Crippen MR) is 343 cm³/mol. The Morgan fingerprint density at radius 1 is 0.266 bits per heavy atom. The molecule has 0 heterocycles. The Kier molecular flexibility index (Phi) is 62.3. The third kappa shape index (κ3) is 64.3. The van der Waals surface area contributed by atoms with Crippen LogP contribution in [0.25, 0.3) is 0 Å². The summed E-state index contributed by atoms with van der Waals surface area (Å²) in [5, 5.41) is 0. The van der Waals surface area contributed by atoms with Crippen molar-refractivity contribution in [1.29, 1.82) is 0 Å². The number of rotatable bonds is 58. The first kappa shape index (κ1) is 74.5. The van der Waals surface area contributed by atoms with Crippen LogP contribution in [0.2, 0.25) is 0 Å². The highest BCUT2D eigenvalue weighted by atomic mass is 16.6. The van der Waals surface area contributed by atoms with Gasteiger partial charge in [-0.25, -0.2) is 0 Å². The molecule has 0 amide bonds. The Hall–Kier alpha value is -4.45. The molecule has 448 valence electrons. The highest BCUT2D eigenvalue weighted by Crippen LogP contribution is 2.16. The average molecular weight is 1090 g/mol. The van der Waals surface area contributed by atoms with Gasteiger partial charge in [-0.1, -0.05) is 289 Å². The van der Waals surface area contributed by atoms with Gasteiger partial charge in [-0.05, 0) is 116 Å². The Bertz CT molecular complexity index is 1680. The van der Waals surface area contributed by atoms with Crippen molar-refractivity contribution in [2.45, 2.75) is 297 Å². The van der Waals surface area contributed by atoms with Crippen LogP contribution in [0.1, 0.15) is 290 Å². The minimum Gasteiger partial charge on any atom is -0.462 e. The average Bonchev–Trinajstić information content (AvgIpc) is 3.45. The Morgan fingerprint density at radius 2 is 0.519 bits per heavy atom. The molecular formula is C73H120O6. The van der Waals surface area contributed by atoms with Crippen molar-refractivity contribution < 1.29 is 28.6 Å². The van der Waals surface area contributed by atoms with Gasteiger partial charge in [0, 0.05) is 19.3 Å². The van der Waals surface area contributed by atoms with Crippen molar-refractivity contribution >= 4 is 17.9 Å². The molecule has 0 aromatic carbocycles. The molecule has 0 rings (SSSR count). The van der Waals surface area contributed by atoms with Crippen LogP contribution in [-0.2, 0) is 28.6 Å². The largest absolute Gasteiger partial charge is 0.462 e. The number of unbranched alkanes of at least 4 members (excludes halogenated alkanes) is 25.